The molecule has 2 heterocycles. The van der Waals surface area contributed by atoms with Crippen LogP contribution in [-0.4, -0.2) is 35.3 Å². The molecule has 4 rings (SSSR count). The van der Waals surface area contributed by atoms with Gasteiger partial charge in [-0.1, -0.05) is 18.2 Å². The summed E-state index contributed by atoms with van der Waals surface area (Å²) < 4.78 is 24.3. The Bertz CT molecular complexity index is 1290. The fraction of sp³-hybridized carbons (Fsp3) is 0.125. The Labute approximate surface area is 183 Å². The fourth-order valence-electron chi connectivity index (χ4n) is 3.35. The minimum atomic E-state index is -0.432. The molecular weight excluding hydrogens is 411 g/mol. The van der Waals surface area contributed by atoms with Crippen molar-refractivity contribution in [3.8, 4) is 11.5 Å². The van der Waals surface area contributed by atoms with Crippen LogP contribution in [0.4, 0.5) is 4.39 Å². The molecule has 32 heavy (non-hydrogen) atoms. The number of amides is 1. The third kappa shape index (κ3) is 4.29. The number of carbonyl (C=O) groups is 1. The number of pyridine rings is 1. The minimum Gasteiger partial charge on any atom is -0.495 e. The lowest BCUT2D eigenvalue weighted by Crippen LogP contribution is -2.23. The number of methoxy groups -OCH3 is 2. The Balaban J connectivity index is 1.64. The Morgan fingerprint density at radius 3 is 2.78 bits per heavy atom. The van der Waals surface area contributed by atoms with Gasteiger partial charge in [0.2, 0.25) is 0 Å². The minimum absolute atomic E-state index is 0.157. The lowest BCUT2D eigenvalue weighted by molar-refractivity contribution is 0.0948. The molecule has 0 bridgehead atoms. The highest BCUT2D eigenvalue weighted by molar-refractivity contribution is 6.05. The van der Waals surface area contributed by atoms with E-state index >= 15 is 0 Å². The van der Waals surface area contributed by atoms with E-state index in [0.29, 0.717) is 28.9 Å². The second-order valence-electron chi connectivity index (χ2n) is 6.95. The fourth-order valence-corrected chi connectivity index (χ4v) is 3.35. The molecule has 2 N–H and O–H groups in total. The third-order valence-electron chi connectivity index (χ3n) is 4.94. The highest BCUT2D eigenvalue weighted by Gasteiger charge is 2.18. The van der Waals surface area contributed by atoms with Gasteiger partial charge in [0.15, 0.2) is 11.6 Å². The van der Waals surface area contributed by atoms with Gasteiger partial charge in [0.1, 0.15) is 5.75 Å². The predicted octanol–water partition coefficient (Wildman–Crippen LogP) is 4.21. The number of halogens is 1. The monoisotopic (exact) mass is 432 g/mol. The van der Waals surface area contributed by atoms with Crippen LogP contribution in [-0.2, 0) is 6.54 Å². The van der Waals surface area contributed by atoms with Gasteiger partial charge in [-0.25, -0.2) is 4.39 Å². The van der Waals surface area contributed by atoms with Crippen LogP contribution in [0, 0.1) is 5.82 Å². The molecule has 8 heteroatoms. The maximum atomic E-state index is 13.7. The van der Waals surface area contributed by atoms with E-state index in [4.69, 9.17) is 9.47 Å². The van der Waals surface area contributed by atoms with Crippen molar-refractivity contribution in [2.24, 2.45) is 0 Å². The van der Waals surface area contributed by atoms with Crippen molar-refractivity contribution in [3.63, 3.8) is 0 Å². The molecule has 0 radical (unpaired) electrons. The smallest absolute Gasteiger partial charge is 0.255 e. The number of H-pyrrole nitrogens is 1. The van der Waals surface area contributed by atoms with Crippen LogP contribution in [0.15, 0.2) is 54.9 Å². The number of hydrogen-bond acceptors (Lipinski definition) is 5. The normalized spacial score (nSPS) is 11.1. The maximum Gasteiger partial charge on any atom is 0.255 e. The van der Waals surface area contributed by atoms with E-state index in [2.05, 4.69) is 20.5 Å². The largest absolute Gasteiger partial charge is 0.495 e. The first kappa shape index (κ1) is 21.0. The number of hydrogen-bond donors (Lipinski definition) is 2. The SMILES string of the molecule is COc1cc(C=Cc2n[nH]c3ccc(C(=O)NCc4cccnc4)c(OC)c23)ccc1F. The van der Waals surface area contributed by atoms with Gasteiger partial charge in [0.25, 0.3) is 5.91 Å². The quantitative estimate of drug-likeness (QED) is 0.457. The second-order valence-corrected chi connectivity index (χ2v) is 6.95. The first-order chi connectivity index (χ1) is 15.6. The molecular formula is C24H21FN4O3. The van der Waals surface area contributed by atoms with Gasteiger partial charge in [0, 0.05) is 18.9 Å². The standard InChI is InChI=1S/C24H21FN4O3/c1-31-21-12-15(5-8-18(21)25)6-9-19-22-20(29-28-19)10-7-17(23(22)32-2)24(30)27-14-16-4-3-11-26-13-16/h3-13H,14H2,1-2H3,(H,27,30)(H,28,29). The molecule has 0 atom stereocenters. The third-order valence-corrected chi connectivity index (χ3v) is 4.94. The summed E-state index contributed by atoms with van der Waals surface area (Å²) in [5.41, 5.74) is 3.33. The summed E-state index contributed by atoms with van der Waals surface area (Å²) in [7, 11) is 2.93. The predicted molar refractivity (Wildman–Crippen MR) is 120 cm³/mol. The molecule has 0 saturated heterocycles. The van der Waals surface area contributed by atoms with Gasteiger partial charge >= 0.3 is 0 Å². The van der Waals surface area contributed by atoms with Gasteiger partial charge in [0.05, 0.1) is 36.4 Å². The highest BCUT2D eigenvalue weighted by atomic mass is 19.1. The van der Waals surface area contributed by atoms with Crippen molar-refractivity contribution >= 4 is 29.0 Å². The molecule has 0 aliphatic rings. The van der Waals surface area contributed by atoms with E-state index in [1.54, 1.807) is 48.8 Å². The lowest BCUT2D eigenvalue weighted by Gasteiger charge is -2.11. The van der Waals surface area contributed by atoms with Crippen molar-refractivity contribution in [1.29, 1.82) is 0 Å². The molecule has 162 valence electrons. The number of rotatable bonds is 7. The lowest BCUT2D eigenvalue weighted by atomic mass is 10.1. The summed E-state index contributed by atoms with van der Waals surface area (Å²) in [5, 5.41) is 10.8. The Morgan fingerprint density at radius 2 is 2.03 bits per heavy atom. The molecule has 0 aliphatic heterocycles. The van der Waals surface area contributed by atoms with Crippen LogP contribution in [0.3, 0.4) is 0 Å². The zero-order chi connectivity index (χ0) is 22.5. The van der Waals surface area contributed by atoms with E-state index in [0.717, 1.165) is 16.6 Å². The highest BCUT2D eigenvalue weighted by Crippen LogP contribution is 2.32. The number of aromatic nitrogens is 3. The van der Waals surface area contributed by atoms with Crippen LogP contribution in [0.1, 0.15) is 27.2 Å². The summed E-state index contributed by atoms with van der Waals surface area (Å²) in [6, 6.07) is 11.7. The van der Waals surface area contributed by atoms with Crippen molar-refractivity contribution in [3.05, 3.63) is 83.1 Å². The van der Waals surface area contributed by atoms with Gasteiger partial charge < -0.3 is 14.8 Å². The zero-order valence-corrected chi connectivity index (χ0v) is 17.6. The van der Waals surface area contributed by atoms with Crippen LogP contribution in [0.2, 0.25) is 0 Å². The van der Waals surface area contributed by atoms with E-state index < -0.39 is 5.82 Å². The van der Waals surface area contributed by atoms with Crippen molar-refractivity contribution < 1.29 is 18.7 Å². The molecule has 0 aliphatic carbocycles. The average Bonchev–Trinajstić information content (AvgIpc) is 3.25. The Hall–Kier alpha value is -4.20. The second kappa shape index (κ2) is 9.30. The van der Waals surface area contributed by atoms with Crippen LogP contribution in [0.5, 0.6) is 11.5 Å². The molecule has 0 unspecified atom stereocenters. The average molecular weight is 432 g/mol. The summed E-state index contributed by atoms with van der Waals surface area (Å²) in [5.74, 6) is -0.133. The van der Waals surface area contributed by atoms with Gasteiger partial charge in [-0.05, 0) is 47.5 Å². The molecule has 0 spiro atoms. The van der Waals surface area contributed by atoms with Crippen LogP contribution < -0.4 is 14.8 Å². The number of ether oxygens (including phenoxy) is 2. The maximum absolute atomic E-state index is 13.7. The number of carbonyl (C=O) groups excluding carboxylic acids is 1. The van der Waals surface area contributed by atoms with Crippen LogP contribution in [0.25, 0.3) is 23.1 Å². The first-order valence-corrected chi connectivity index (χ1v) is 9.84. The molecule has 0 fully saturated rings. The summed E-state index contributed by atoms with van der Waals surface area (Å²) in [4.78, 5) is 16.9. The number of aromatic amines is 1. The number of benzene rings is 2. The Kier molecular flexibility index (Phi) is 6.12. The number of fused-ring (bicyclic) bond motifs is 1. The summed E-state index contributed by atoms with van der Waals surface area (Å²) >= 11 is 0. The zero-order valence-electron chi connectivity index (χ0n) is 17.6. The summed E-state index contributed by atoms with van der Waals surface area (Å²) in [6.07, 6.45) is 6.93. The number of nitrogens with one attached hydrogen (secondary N) is 2. The molecule has 2 aromatic heterocycles. The van der Waals surface area contributed by atoms with Gasteiger partial charge in [-0.2, -0.15) is 5.10 Å². The van der Waals surface area contributed by atoms with E-state index in [-0.39, 0.29) is 11.7 Å². The van der Waals surface area contributed by atoms with Gasteiger partial charge in [-0.3, -0.25) is 14.9 Å². The number of nitrogens with zero attached hydrogens (tertiary/aromatic N) is 2. The summed E-state index contributed by atoms with van der Waals surface area (Å²) in [6.45, 7) is 0.346. The van der Waals surface area contributed by atoms with Gasteiger partial charge in [-0.15, -0.1) is 0 Å². The molecule has 0 saturated carbocycles. The van der Waals surface area contributed by atoms with E-state index in [1.807, 2.05) is 12.1 Å². The molecule has 7 nitrogen and oxygen atoms in total. The van der Waals surface area contributed by atoms with Crippen molar-refractivity contribution in [1.82, 2.24) is 20.5 Å². The van der Waals surface area contributed by atoms with Crippen molar-refractivity contribution in [2.45, 2.75) is 6.54 Å². The topological polar surface area (TPSA) is 89.1 Å². The Morgan fingerprint density at radius 1 is 1.16 bits per heavy atom. The van der Waals surface area contributed by atoms with Crippen LogP contribution >= 0.6 is 0 Å². The van der Waals surface area contributed by atoms with Crippen molar-refractivity contribution in [2.75, 3.05) is 14.2 Å². The van der Waals surface area contributed by atoms with E-state index in [9.17, 15) is 9.18 Å². The van der Waals surface area contributed by atoms with E-state index in [1.165, 1.54) is 20.3 Å². The molecule has 4 aromatic rings. The molecule has 2 aromatic carbocycles. The molecule has 1 amide bonds. The first-order valence-electron chi connectivity index (χ1n) is 9.84.